The number of pyridine rings is 1. The summed E-state index contributed by atoms with van der Waals surface area (Å²) < 4.78 is 1.73. The summed E-state index contributed by atoms with van der Waals surface area (Å²) in [6.45, 7) is 5.56. The van der Waals surface area contributed by atoms with E-state index in [-0.39, 0.29) is 11.8 Å². The van der Waals surface area contributed by atoms with Gasteiger partial charge < -0.3 is 10.2 Å². The first kappa shape index (κ1) is 16.8. The largest absolute Gasteiger partial charge is 0.357 e. The number of hydrogen-bond acceptors (Lipinski definition) is 4. The molecule has 1 aliphatic rings. The topological polar surface area (TPSA) is 63.1 Å². The van der Waals surface area contributed by atoms with Crippen LogP contribution in [0.4, 0.5) is 11.6 Å². The van der Waals surface area contributed by atoms with Crippen LogP contribution >= 0.6 is 11.6 Å². The number of aromatic nitrogens is 3. The molecule has 0 unspecified atom stereocenters. The molecule has 1 aliphatic heterocycles. The Hall–Kier alpha value is -2.08. The zero-order chi connectivity index (χ0) is 17.3. The van der Waals surface area contributed by atoms with E-state index in [1.807, 2.05) is 33.0 Å². The van der Waals surface area contributed by atoms with Crippen molar-refractivity contribution in [3.8, 4) is 0 Å². The van der Waals surface area contributed by atoms with Crippen LogP contribution in [0.1, 0.15) is 24.1 Å². The average Bonchev–Trinajstić information content (AvgIpc) is 2.82. The van der Waals surface area contributed by atoms with E-state index < -0.39 is 0 Å². The molecule has 1 saturated heterocycles. The molecule has 1 N–H and O–H groups in total. The molecular weight excluding hydrogens is 326 g/mol. The van der Waals surface area contributed by atoms with Crippen LogP contribution in [0.5, 0.6) is 0 Å². The van der Waals surface area contributed by atoms with Crippen LogP contribution in [-0.4, -0.2) is 33.8 Å². The Bertz CT molecular complexity index is 732. The second kappa shape index (κ2) is 6.81. The number of aryl methyl sites for hydroxylation is 2. The minimum absolute atomic E-state index is 0.0168. The van der Waals surface area contributed by atoms with Crippen LogP contribution in [0.15, 0.2) is 18.3 Å². The molecule has 0 bridgehead atoms. The van der Waals surface area contributed by atoms with Crippen LogP contribution in [-0.2, 0) is 11.8 Å². The molecule has 3 rings (SSSR count). The monoisotopic (exact) mass is 347 g/mol. The quantitative estimate of drug-likeness (QED) is 0.927. The van der Waals surface area contributed by atoms with Gasteiger partial charge in [0.25, 0.3) is 0 Å². The maximum Gasteiger partial charge on any atom is 0.228 e. The van der Waals surface area contributed by atoms with Gasteiger partial charge in [-0.1, -0.05) is 11.6 Å². The summed E-state index contributed by atoms with van der Waals surface area (Å²) in [5.74, 6) is 1.80. The number of carbonyl (C=O) groups excluding carboxylic acids is 1. The summed E-state index contributed by atoms with van der Waals surface area (Å²) in [4.78, 5) is 19.1. The summed E-state index contributed by atoms with van der Waals surface area (Å²) in [7, 11) is 1.85. The number of anilines is 2. The second-order valence-corrected chi connectivity index (χ2v) is 6.70. The van der Waals surface area contributed by atoms with Gasteiger partial charge in [0.15, 0.2) is 0 Å². The Kier molecular flexibility index (Phi) is 4.76. The minimum Gasteiger partial charge on any atom is -0.357 e. The van der Waals surface area contributed by atoms with Crippen molar-refractivity contribution in [3.63, 3.8) is 0 Å². The van der Waals surface area contributed by atoms with Gasteiger partial charge in [-0.3, -0.25) is 9.48 Å². The molecule has 0 aliphatic carbocycles. The van der Waals surface area contributed by atoms with Crippen LogP contribution in [0.25, 0.3) is 0 Å². The number of nitrogens with one attached hydrogen (secondary N) is 1. The van der Waals surface area contributed by atoms with E-state index in [1.54, 1.807) is 10.9 Å². The van der Waals surface area contributed by atoms with Gasteiger partial charge in [-0.15, -0.1) is 0 Å². The Labute approximate surface area is 146 Å². The van der Waals surface area contributed by atoms with E-state index in [0.717, 1.165) is 48.8 Å². The summed E-state index contributed by atoms with van der Waals surface area (Å²) in [6.07, 6.45) is 3.28. The lowest BCUT2D eigenvalue weighted by molar-refractivity contribution is -0.120. The first-order chi connectivity index (χ1) is 11.5. The van der Waals surface area contributed by atoms with Crippen LogP contribution in [0.2, 0.25) is 5.02 Å². The van der Waals surface area contributed by atoms with E-state index in [0.29, 0.717) is 5.02 Å². The molecule has 128 valence electrons. The highest BCUT2D eigenvalue weighted by atomic mass is 35.5. The lowest BCUT2D eigenvalue weighted by Crippen LogP contribution is -2.38. The molecule has 1 amide bonds. The third-order valence-corrected chi connectivity index (χ3v) is 4.89. The minimum atomic E-state index is 0.0168. The average molecular weight is 348 g/mol. The zero-order valence-electron chi connectivity index (χ0n) is 14.2. The lowest BCUT2D eigenvalue weighted by Gasteiger charge is -2.32. The van der Waals surface area contributed by atoms with Crippen molar-refractivity contribution in [2.75, 3.05) is 23.3 Å². The first-order valence-corrected chi connectivity index (χ1v) is 8.51. The molecule has 7 heteroatoms. The Balaban J connectivity index is 1.60. The predicted molar refractivity (Wildman–Crippen MR) is 95.5 cm³/mol. The third-order valence-electron chi connectivity index (χ3n) is 4.66. The Morgan fingerprint density at radius 2 is 2.00 bits per heavy atom. The molecule has 0 spiro atoms. The first-order valence-electron chi connectivity index (χ1n) is 8.13. The summed E-state index contributed by atoms with van der Waals surface area (Å²) in [6, 6.07) is 3.76. The number of amides is 1. The highest BCUT2D eigenvalue weighted by molar-refractivity contribution is 6.30. The molecule has 6 nitrogen and oxygen atoms in total. The Morgan fingerprint density at radius 3 is 2.54 bits per heavy atom. The van der Waals surface area contributed by atoms with Gasteiger partial charge in [0.1, 0.15) is 11.6 Å². The van der Waals surface area contributed by atoms with Crippen LogP contribution < -0.4 is 10.2 Å². The summed E-state index contributed by atoms with van der Waals surface area (Å²) >= 11 is 5.88. The fourth-order valence-electron chi connectivity index (χ4n) is 3.08. The standard InChI is InChI=1S/C17H22ClN5O/c1-11-12(2)21-22(3)16(11)20-17(24)13-6-8-23(9-7-13)15-5-4-14(18)10-19-15/h4-5,10,13H,6-9H2,1-3H3,(H,20,24). The van der Waals surface area contributed by atoms with Gasteiger partial charge >= 0.3 is 0 Å². The van der Waals surface area contributed by atoms with Crippen LogP contribution in [0.3, 0.4) is 0 Å². The smallest absolute Gasteiger partial charge is 0.228 e. The maximum atomic E-state index is 12.6. The molecular formula is C17H22ClN5O. The van der Waals surface area contributed by atoms with Crippen LogP contribution in [0, 0.1) is 19.8 Å². The van der Waals surface area contributed by atoms with Gasteiger partial charge in [-0.25, -0.2) is 4.98 Å². The molecule has 0 saturated carbocycles. The normalized spacial score (nSPS) is 15.6. The second-order valence-electron chi connectivity index (χ2n) is 6.27. The van der Waals surface area contributed by atoms with Crippen molar-refractivity contribution in [2.45, 2.75) is 26.7 Å². The third kappa shape index (κ3) is 3.38. The van der Waals surface area contributed by atoms with Gasteiger partial charge in [0.2, 0.25) is 5.91 Å². The molecule has 1 fully saturated rings. The maximum absolute atomic E-state index is 12.6. The van der Waals surface area contributed by atoms with Gasteiger partial charge in [-0.05, 0) is 38.8 Å². The molecule has 0 aromatic carbocycles. The van der Waals surface area contributed by atoms with E-state index in [4.69, 9.17) is 11.6 Å². The molecule has 0 atom stereocenters. The zero-order valence-corrected chi connectivity index (χ0v) is 15.0. The number of hydrogen-bond donors (Lipinski definition) is 1. The van der Waals surface area contributed by atoms with Gasteiger partial charge in [0, 0.05) is 37.8 Å². The molecule has 24 heavy (non-hydrogen) atoms. The Morgan fingerprint density at radius 1 is 1.29 bits per heavy atom. The fraction of sp³-hybridized carbons (Fsp3) is 0.471. The molecule has 2 aromatic rings. The van der Waals surface area contributed by atoms with Crippen molar-refractivity contribution < 1.29 is 4.79 Å². The predicted octanol–water partition coefficient (Wildman–Crippen LogP) is 2.94. The van der Waals surface area contributed by atoms with Crippen molar-refractivity contribution in [2.24, 2.45) is 13.0 Å². The number of piperidine rings is 1. The summed E-state index contributed by atoms with van der Waals surface area (Å²) in [5.41, 5.74) is 1.96. The SMILES string of the molecule is Cc1nn(C)c(NC(=O)C2CCN(c3ccc(Cl)cn3)CC2)c1C. The van der Waals surface area contributed by atoms with E-state index in [2.05, 4.69) is 20.3 Å². The lowest BCUT2D eigenvalue weighted by atomic mass is 9.96. The van der Waals surface area contributed by atoms with E-state index in [1.165, 1.54) is 0 Å². The number of carbonyl (C=O) groups is 1. The highest BCUT2D eigenvalue weighted by Crippen LogP contribution is 2.25. The van der Waals surface area contributed by atoms with Gasteiger partial charge in [0.05, 0.1) is 10.7 Å². The summed E-state index contributed by atoms with van der Waals surface area (Å²) in [5, 5.41) is 8.02. The fourth-order valence-corrected chi connectivity index (χ4v) is 3.20. The van der Waals surface area contributed by atoms with E-state index in [9.17, 15) is 4.79 Å². The van der Waals surface area contributed by atoms with Crippen molar-refractivity contribution in [3.05, 3.63) is 34.6 Å². The molecule has 0 radical (unpaired) electrons. The molecule has 2 aromatic heterocycles. The molecule has 3 heterocycles. The number of nitrogens with zero attached hydrogens (tertiary/aromatic N) is 4. The van der Waals surface area contributed by atoms with Crippen molar-refractivity contribution >= 4 is 29.1 Å². The van der Waals surface area contributed by atoms with Crippen molar-refractivity contribution in [1.29, 1.82) is 0 Å². The number of halogens is 1. The van der Waals surface area contributed by atoms with Gasteiger partial charge in [-0.2, -0.15) is 5.10 Å². The number of rotatable bonds is 3. The van der Waals surface area contributed by atoms with E-state index >= 15 is 0 Å². The highest BCUT2D eigenvalue weighted by Gasteiger charge is 2.26. The van der Waals surface area contributed by atoms with Crippen molar-refractivity contribution in [1.82, 2.24) is 14.8 Å².